The van der Waals surface area contributed by atoms with Crippen molar-refractivity contribution in [3.8, 4) is 11.3 Å². The number of aryl methyl sites for hydroxylation is 1. The summed E-state index contributed by atoms with van der Waals surface area (Å²) in [6.45, 7) is 5.10. The number of piperidine rings is 1. The number of benzene rings is 1. The van der Waals surface area contributed by atoms with E-state index in [2.05, 4.69) is 4.98 Å². The van der Waals surface area contributed by atoms with Crippen molar-refractivity contribution in [2.24, 2.45) is 5.92 Å². The lowest BCUT2D eigenvalue weighted by atomic mass is 9.97. The normalized spacial score (nSPS) is 17.0. The monoisotopic (exact) mass is 352 g/mol. The average Bonchev–Trinajstić information content (AvgIpc) is 2.68. The van der Waals surface area contributed by atoms with Gasteiger partial charge in [0, 0.05) is 18.7 Å². The van der Waals surface area contributed by atoms with Gasteiger partial charge in [0.2, 0.25) is 0 Å². The first-order chi connectivity index (χ1) is 12.6. The Morgan fingerprint density at radius 2 is 1.96 bits per heavy atom. The van der Waals surface area contributed by atoms with Gasteiger partial charge < -0.3 is 9.64 Å². The number of hydrogen-bond donors (Lipinski definition) is 0. The van der Waals surface area contributed by atoms with Gasteiger partial charge in [-0.3, -0.25) is 14.6 Å². The predicted molar refractivity (Wildman–Crippen MR) is 99.7 cm³/mol. The van der Waals surface area contributed by atoms with Gasteiger partial charge in [-0.15, -0.1) is 0 Å². The van der Waals surface area contributed by atoms with Gasteiger partial charge in [-0.2, -0.15) is 0 Å². The van der Waals surface area contributed by atoms with Crippen molar-refractivity contribution in [1.29, 1.82) is 0 Å². The summed E-state index contributed by atoms with van der Waals surface area (Å²) in [5.74, 6) is -0.507. The van der Waals surface area contributed by atoms with Crippen LogP contribution in [0.2, 0.25) is 0 Å². The molecule has 0 spiro atoms. The maximum atomic E-state index is 12.9. The summed E-state index contributed by atoms with van der Waals surface area (Å²) in [5, 5.41) is 0. The van der Waals surface area contributed by atoms with Crippen LogP contribution in [-0.2, 0) is 9.53 Å². The minimum Gasteiger partial charge on any atom is -0.466 e. The zero-order chi connectivity index (χ0) is 18.5. The fourth-order valence-electron chi connectivity index (χ4n) is 3.34. The number of hydrogen-bond acceptors (Lipinski definition) is 4. The Bertz CT molecular complexity index is 789. The molecule has 1 aliphatic rings. The molecule has 0 saturated carbocycles. The molecule has 1 saturated heterocycles. The van der Waals surface area contributed by atoms with Gasteiger partial charge in [0.25, 0.3) is 5.91 Å². The zero-order valence-electron chi connectivity index (χ0n) is 15.3. The predicted octanol–water partition coefficient (Wildman–Crippen LogP) is 3.47. The van der Waals surface area contributed by atoms with Crippen molar-refractivity contribution >= 4 is 11.9 Å². The van der Waals surface area contributed by atoms with Crippen LogP contribution in [0, 0.1) is 12.8 Å². The van der Waals surface area contributed by atoms with E-state index >= 15 is 0 Å². The molecule has 1 aromatic carbocycles. The Kier molecular flexibility index (Phi) is 5.66. The number of nitrogens with zero attached hydrogens (tertiary/aromatic N) is 2. The van der Waals surface area contributed by atoms with Crippen LogP contribution in [0.25, 0.3) is 11.3 Å². The second-order valence-corrected chi connectivity index (χ2v) is 6.54. The Labute approximate surface area is 154 Å². The van der Waals surface area contributed by atoms with Crippen LogP contribution >= 0.6 is 0 Å². The van der Waals surface area contributed by atoms with Crippen LogP contribution in [0.5, 0.6) is 0 Å². The minimum atomic E-state index is -0.232. The largest absolute Gasteiger partial charge is 0.466 e. The lowest BCUT2D eigenvalue weighted by Crippen LogP contribution is -2.43. The van der Waals surface area contributed by atoms with E-state index in [4.69, 9.17) is 4.74 Å². The van der Waals surface area contributed by atoms with E-state index in [-0.39, 0.29) is 17.8 Å². The van der Waals surface area contributed by atoms with E-state index in [1.807, 2.05) is 49.4 Å². The third-order valence-electron chi connectivity index (χ3n) is 4.71. The molecule has 1 amide bonds. The third kappa shape index (κ3) is 3.93. The van der Waals surface area contributed by atoms with Crippen molar-refractivity contribution < 1.29 is 14.3 Å². The number of rotatable bonds is 4. The highest BCUT2D eigenvalue weighted by Crippen LogP contribution is 2.23. The van der Waals surface area contributed by atoms with Gasteiger partial charge in [-0.25, -0.2) is 0 Å². The van der Waals surface area contributed by atoms with Crippen molar-refractivity contribution in [3.05, 3.63) is 53.7 Å². The van der Waals surface area contributed by atoms with Crippen LogP contribution in [0.15, 0.2) is 42.5 Å². The van der Waals surface area contributed by atoms with E-state index in [1.54, 1.807) is 11.8 Å². The number of pyridine rings is 1. The highest BCUT2D eigenvalue weighted by molar-refractivity contribution is 5.96. The molecule has 1 atom stereocenters. The molecule has 1 fully saturated rings. The number of carbonyl (C=O) groups excluding carboxylic acids is 2. The number of likely N-dealkylation sites (tertiary alicyclic amines) is 1. The summed E-state index contributed by atoms with van der Waals surface area (Å²) in [7, 11) is 0. The molecule has 5 nitrogen and oxygen atoms in total. The molecular formula is C21H24N2O3. The molecule has 0 N–H and O–H groups in total. The molecule has 0 aliphatic carbocycles. The van der Waals surface area contributed by atoms with Crippen LogP contribution in [0.3, 0.4) is 0 Å². The Hall–Kier alpha value is -2.69. The van der Waals surface area contributed by atoms with Gasteiger partial charge in [-0.1, -0.05) is 30.3 Å². The molecule has 1 aliphatic heterocycles. The zero-order valence-corrected chi connectivity index (χ0v) is 15.3. The number of carbonyl (C=O) groups is 2. The fourth-order valence-corrected chi connectivity index (χ4v) is 3.34. The van der Waals surface area contributed by atoms with E-state index in [0.29, 0.717) is 31.0 Å². The van der Waals surface area contributed by atoms with E-state index in [1.165, 1.54) is 0 Å². The van der Waals surface area contributed by atoms with Crippen molar-refractivity contribution in [2.75, 3.05) is 19.7 Å². The first-order valence-electron chi connectivity index (χ1n) is 9.09. The molecule has 5 heteroatoms. The van der Waals surface area contributed by atoms with Crippen molar-refractivity contribution in [2.45, 2.75) is 26.7 Å². The minimum absolute atomic E-state index is 0.0661. The summed E-state index contributed by atoms with van der Waals surface area (Å²) < 4.78 is 5.11. The van der Waals surface area contributed by atoms with Crippen molar-refractivity contribution in [3.63, 3.8) is 0 Å². The lowest BCUT2D eigenvalue weighted by molar-refractivity contribution is -0.149. The summed E-state index contributed by atoms with van der Waals surface area (Å²) in [5.41, 5.74) is 3.17. The summed E-state index contributed by atoms with van der Waals surface area (Å²) in [6.07, 6.45) is 1.58. The van der Waals surface area contributed by atoms with Crippen LogP contribution in [0.1, 0.15) is 35.8 Å². The number of amides is 1. The smallest absolute Gasteiger partial charge is 0.310 e. The Morgan fingerprint density at radius 1 is 1.19 bits per heavy atom. The molecule has 3 rings (SSSR count). The van der Waals surface area contributed by atoms with Gasteiger partial charge in [-0.05, 0) is 38.8 Å². The van der Waals surface area contributed by atoms with Gasteiger partial charge in [0.15, 0.2) is 0 Å². The van der Waals surface area contributed by atoms with E-state index in [0.717, 1.165) is 24.1 Å². The number of esters is 1. The fraction of sp³-hybridized carbons (Fsp3) is 0.381. The molecule has 0 bridgehead atoms. The van der Waals surface area contributed by atoms with E-state index < -0.39 is 0 Å². The topological polar surface area (TPSA) is 59.5 Å². The van der Waals surface area contributed by atoms with Crippen LogP contribution in [0.4, 0.5) is 0 Å². The second kappa shape index (κ2) is 8.13. The van der Waals surface area contributed by atoms with E-state index in [9.17, 15) is 9.59 Å². The lowest BCUT2D eigenvalue weighted by Gasteiger charge is -2.31. The van der Waals surface area contributed by atoms with Crippen LogP contribution < -0.4 is 0 Å². The summed E-state index contributed by atoms with van der Waals surface area (Å²) >= 11 is 0. The quantitative estimate of drug-likeness (QED) is 0.791. The van der Waals surface area contributed by atoms with Gasteiger partial charge in [0.1, 0.15) is 0 Å². The van der Waals surface area contributed by atoms with Gasteiger partial charge in [0.05, 0.1) is 29.5 Å². The highest BCUT2D eigenvalue weighted by atomic mass is 16.5. The molecule has 26 heavy (non-hydrogen) atoms. The second-order valence-electron chi connectivity index (χ2n) is 6.54. The maximum Gasteiger partial charge on any atom is 0.310 e. The molecule has 1 unspecified atom stereocenters. The number of ether oxygens (including phenoxy) is 1. The summed E-state index contributed by atoms with van der Waals surface area (Å²) in [4.78, 5) is 31.3. The van der Waals surface area contributed by atoms with Gasteiger partial charge >= 0.3 is 5.97 Å². The molecule has 0 radical (unpaired) electrons. The third-order valence-corrected chi connectivity index (χ3v) is 4.71. The SMILES string of the molecule is CCOC(=O)C1CCCN(C(=O)c2ccc(-c3ccccc3)nc2C)C1. The average molecular weight is 352 g/mol. The van der Waals surface area contributed by atoms with Crippen LogP contribution in [-0.4, -0.2) is 41.5 Å². The highest BCUT2D eigenvalue weighted by Gasteiger charge is 2.30. The molecular weight excluding hydrogens is 328 g/mol. The first kappa shape index (κ1) is 18.1. The molecule has 2 aromatic rings. The molecule has 1 aromatic heterocycles. The Morgan fingerprint density at radius 3 is 2.65 bits per heavy atom. The summed E-state index contributed by atoms with van der Waals surface area (Å²) in [6, 6.07) is 13.6. The van der Waals surface area contributed by atoms with Crippen molar-refractivity contribution in [1.82, 2.24) is 9.88 Å². The first-order valence-corrected chi connectivity index (χ1v) is 9.09. The standard InChI is InChI=1S/C21H24N2O3/c1-3-26-21(25)17-10-7-13-23(14-17)20(24)18-11-12-19(22-15(18)2)16-8-5-4-6-9-16/h4-6,8-9,11-12,17H,3,7,10,13-14H2,1-2H3. The molecule has 2 heterocycles. The Balaban J connectivity index is 1.76. The maximum absolute atomic E-state index is 12.9. The molecule has 136 valence electrons. The number of aromatic nitrogens is 1.